The van der Waals surface area contributed by atoms with Crippen molar-refractivity contribution in [3.8, 4) is 0 Å². The van der Waals surface area contributed by atoms with Crippen molar-refractivity contribution in [2.24, 2.45) is 0 Å². The van der Waals surface area contributed by atoms with E-state index < -0.39 is 0 Å². The van der Waals surface area contributed by atoms with Gasteiger partial charge in [-0.25, -0.2) is 0 Å². The van der Waals surface area contributed by atoms with Crippen molar-refractivity contribution in [2.45, 2.75) is 71.1 Å². The summed E-state index contributed by atoms with van der Waals surface area (Å²) in [7, 11) is 1.67. The molecule has 19 heavy (non-hydrogen) atoms. The smallest absolute Gasteiger partial charge is 0.0620 e. The van der Waals surface area contributed by atoms with Gasteiger partial charge < -0.3 is 0 Å². The number of rotatable bonds is 11. The molecule has 0 atom stereocenters. The maximum absolute atomic E-state index is 4.13. The van der Waals surface area contributed by atoms with Crippen LogP contribution in [0.25, 0.3) is 0 Å². The summed E-state index contributed by atoms with van der Waals surface area (Å²) in [5.74, 6) is 1.22. The molecule has 0 fully saturated rings. The minimum absolute atomic E-state index is 1.22. The van der Waals surface area contributed by atoms with Crippen LogP contribution in [0, 0.1) is 0 Å². The van der Waals surface area contributed by atoms with Crippen molar-refractivity contribution in [1.82, 2.24) is 9.59 Å². The van der Waals surface area contributed by atoms with Crippen LogP contribution in [0.4, 0.5) is 0 Å². The molecule has 1 aromatic rings. The molecule has 0 unspecified atom stereocenters. The number of hydrogen-bond donors (Lipinski definition) is 1. The summed E-state index contributed by atoms with van der Waals surface area (Å²) in [5, 5.41) is 5.31. The Balaban J connectivity index is 0.000000532. The Morgan fingerprint density at radius 3 is 1.89 bits per heavy atom. The van der Waals surface area contributed by atoms with Gasteiger partial charge in [0.05, 0.1) is 6.20 Å². The minimum atomic E-state index is 1.22. The van der Waals surface area contributed by atoms with Crippen LogP contribution in [0.2, 0.25) is 0 Å². The van der Waals surface area contributed by atoms with Gasteiger partial charge in [-0.05, 0) is 18.0 Å². The Labute approximate surface area is 132 Å². The third-order valence-corrected chi connectivity index (χ3v) is 4.32. The van der Waals surface area contributed by atoms with E-state index in [0.29, 0.717) is 0 Å². The SMILES string of the molecule is CCCCCCCCCCCCSS.c1csnn1. The Morgan fingerprint density at radius 1 is 0.947 bits per heavy atom. The van der Waals surface area contributed by atoms with E-state index in [4.69, 9.17) is 0 Å². The van der Waals surface area contributed by atoms with Gasteiger partial charge >= 0.3 is 0 Å². The van der Waals surface area contributed by atoms with Crippen LogP contribution >= 0.6 is 34.0 Å². The fourth-order valence-electron chi connectivity index (χ4n) is 1.79. The number of thiol groups is 1. The van der Waals surface area contributed by atoms with Gasteiger partial charge in [0.15, 0.2) is 0 Å². The lowest BCUT2D eigenvalue weighted by Gasteiger charge is -2.01. The molecule has 0 aliphatic rings. The van der Waals surface area contributed by atoms with Crippen LogP contribution in [0.5, 0.6) is 0 Å². The monoisotopic (exact) mass is 320 g/mol. The zero-order valence-corrected chi connectivity index (χ0v) is 14.6. The number of hydrogen-bond acceptors (Lipinski definition) is 5. The summed E-state index contributed by atoms with van der Waals surface area (Å²) in [6.07, 6.45) is 15.9. The van der Waals surface area contributed by atoms with E-state index in [1.165, 1.54) is 81.5 Å². The molecule has 0 aliphatic heterocycles. The zero-order valence-electron chi connectivity index (χ0n) is 12.1. The second-order valence-corrected chi connectivity index (χ2v) is 6.69. The van der Waals surface area contributed by atoms with Crippen LogP contribution in [-0.2, 0) is 0 Å². The summed E-state index contributed by atoms with van der Waals surface area (Å²) in [6.45, 7) is 2.28. The first-order valence-electron chi connectivity index (χ1n) is 7.39. The van der Waals surface area contributed by atoms with Gasteiger partial charge in [-0.1, -0.05) is 80.0 Å². The van der Waals surface area contributed by atoms with Crippen LogP contribution < -0.4 is 0 Å². The molecular weight excluding hydrogens is 292 g/mol. The summed E-state index contributed by atoms with van der Waals surface area (Å²) < 4.78 is 3.51. The van der Waals surface area contributed by atoms with Crippen LogP contribution in [0.3, 0.4) is 0 Å². The summed E-state index contributed by atoms with van der Waals surface area (Å²) in [6, 6.07) is 0. The minimum Gasteiger partial charge on any atom is -0.147 e. The molecule has 0 N–H and O–H groups in total. The average molecular weight is 321 g/mol. The van der Waals surface area contributed by atoms with Crippen molar-refractivity contribution in [3.05, 3.63) is 11.6 Å². The predicted octanol–water partition coefficient (Wildman–Crippen LogP) is 6.02. The van der Waals surface area contributed by atoms with Crippen molar-refractivity contribution in [3.63, 3.8) is 0 Å². The van der Waals surface area contributed by atoms with Crippen molar-refractivity contribution in [1.29, 1.82) is 0 Å². The number of unbranched alkanes of at least 4 members (excludes halogenated alkanes) is 9. The van der Waals surface area contributed by atoms with Crippen molar-refractivity contribution in [2.75, 3.05) is 5.75 Å². The third-order valence-electron chi connectivity index (χ3n) is 2.87. The van der Waals surface area contributed by atoms with Crippen LogP contribution in [0.1, 0.15) is 71.1 Å². The van der Waals surface area contributed by atoms with E-state index in [1.807, 2.05) is 5.38 Å². The number of nitrogens with zero attached hydrogens (tertiary/aromatic N) is 2. The third kappa shape index (κ3) is 18.3. The first-order chi connectivity index (χ1) is 9.41. The van der Waals surface area contributed by atoms with Gasteiger partial charge in [-0.3, -0.25) is 0 Å². The maximum Gasteiger partial charge on any atom is 0.0620 e. The Morgan fingerprint density at radius 2 is 1.53 bits per heavy atom. The quantitative estimate of drug-likeness (QED) is 0.306. The van der Waals surface area contributed by atoms with Crippen LogP contribution in [0.15, 0.2) is 11.6 Å². The molecule has 112 valence electrons. The molecule has 2 nitrogen and oxygen atoms in total. The lowest BCUT2D eigenvalue weighted by molar-refractivity contribution is 0.563. The summed E-state index contributed by atoms with van der Waals surface area (Å²) >= 11 is 5.48. The van der Waals surface area contributed by atoms with Gasteiger partial charge in [-0.15, -0.1) is 16.8 Å². The fourth-order valence-corrected chi connectivity index (χ4v) is 2.78. The molecule has 0 saturated heterocycles. The molecule has 5 heteroatoms. The second kappa shape index (κ2) is 18.3. The van der Waals surface area contributed by atoms with Crippen LogP contribution in [-0.4, -0.2) is 15.3 Å². The van der Waals surface area contributed by atoms with Gasteiger partial charge in [-0.2, -0.15) is 0 Å². The van der Waals surface area contributed by atoms with E-state index in [2.05, 4.69) is 28.2 Å². The molecule has 0 aliphatic carbocycles. The molecule has 0 amide bonds. The first-order valence-corrected chi connectivity index (χ1v) is 10.3. The molecule has 0 saturated carbocycles. The van der Waals surface area contributed by atoms with E-state index >= 15 is 0 Å². The molecule has 0 aromatic carbocycles. The van der Waals surface area contributed by atoms with E-state index in [0.717, 1.165) is 0 Å². The average Bonchev–Trinajstić information content (AvgIpc) is 3.00. The lowest BCUT2D eigenvalue weighted by Crippen LogP contribution is -1.82. The van der Waals surface area contributed by atoms with E-state index in [-0.39, 0.29) is 0 Å². The van der Waals surface area contributed by atoms with E-state index in [9.17, 15) is 0 Å². The molecule has 0 spiro atoms. The standard InChI is InChI=1S/C12H26S2.C2H2N2S/c1-2-3-4-5-6-7-8-9-10-11-12-14-13;1-2-5-4-3-1/h13H,2-12H2,1H3;1-2H. The Bertz CT molecular complexity index is 201. The molecular formula is C14H28N2S3. The lowest BCUT2D eigenvalue weighted by atomic mass is 10.1. The Hall–Kier alpha value is 0.260. The molecule has 1 rings (SSSR count). The maximum atomic E-state index is 4.13. The Kier molecular flexibility index (Phi) is 18.5. The molecule has 0 radical (unpaired) electrons. The van der Waals surface area contributed by atoms with E-state index in [1.54, 1.807) is 17.0 Å². The highest BCUT2D eigenvalue weighted by molar-refractivity contribution is 8.68. The van der Waals surface area contributed by atoms with Gasteiger partial charge in [0.25, 0.3) is 0 Å². The number of aromatic nitrogens is 2. The zero-order chi connectivity index (χ0) is 14.0. The van der Waals surface area contributed by atoms with Crippen molar-refractivity contribution >= 4 is 34.0 Å². The summed E-state index contributed by atoms with van der Waals surface area (Å²) in [5.41, 5.74) is 0. The van der Waals surface area contributed by atoms with Crippen molar-refractivity contribution < 1.29 is 0 Å². The highest BCUT2D eigenvalue weighted by Crippen LogP contribution is 2.13. The normalized spacial score (nSPS) is 10.0. The molecule has 0 bridgehead atoms. The fraction of sp³-hybridized carbons (Fsp3) is 0.857. The van der Waals surface area contributed by atoms with Gasteiger partial charge in [0, 0.05) is 11.1 Å². The summed E-state index contributed by atoms with van der Waals surface area (Å²) in [4.78, 5) is 0. The second-order valence-electron chi connectivity index (χ2n) is 4.60. The topological polar surface area (TPSA) is 25.8 Å². The predicted molar refractivity (Wildman–Crippen MR) is 93.2 cm³/mol. The molecule has 1 aromatic heterocycles. The highest BCUT2D eigenvalue weighted by Gasteiger charge is 1.91. The first kappa shape index (κ1) is 19.3. The highest BCUT2D eigenvalue weighted by atomic mass is 33.1. The van der Waals surface area contributed by atoms with Gasteiger partial charge in [0.2, 0.25) is 0 Å². The largest absolute Gasteiger partial charge is 0.147 e. The molecule has 1 heterocycles. The van der Waals surface area contributed by atoms with Gasteiger partial charge in [0.1, 0.15) is 0 Å².